The standard InChI is InChI=1S/C20H14ClN3/c21-15-5-3-4-14(12-15)19-13-20(23-16-8-10-22-11-9-16)17-6-1-2-7-18(17)24-19/h1-13H,(H,22,23,24). The first kappa shape index (κ1) is 14.7. The van der Waals surface area contributed by atoms with Crippen molar-refractivity contribution in [2.24, 2.45) is 0 Å². The Morgan fingerprint density at radius 3 is 2.50 bits per heavy atom. The van der Waals surface area contributed by atoms with Crippen LogP contribution in [-0.2, 0) is 0 Å². The molecule has 0 amide bonds. The molecule has 3 nitrogen and oxygen atoms in total. The minimum atomic E-state index is 0.700. The molecular weight excluding hydrogens is 318 g/mol. The van der Waals surface area contributed by atoms with E-state index in [2.05, 4.69) is 22.4 Å². The Labute approximate surface area is 145 Å². The normalized spacial score (nSPS) is 10.7. The Morgan fingerprint density at radius 1 is 0.833 bits per heavy atom. The smallest absolute Gasteiger partial charge is 0.0730 e. The Kier molecular flexibility index (Phi) is 3.85. The van der Waals surface area contributed by atoms with Gasteiger partial charge in [-0.2, -0.15) is 0 Å². The Balaban J connectivity index is 1.88. The number of nitrogens with one attached hydrogen (secondary N) is 1. The number of aromatic nitrogens is 2. The maximum atomic E-state index is 6.13. The van der Waals surface area contributed by atoms with Crippen LogP contribution in [0.25, 0.3) is 22.2 Å². The van der Waals surface area contributed by atoms with Gasteiger partial charge in [-0.25, -0.2) is 4.98 Å². The van der Waals surface area contributed by atoms with E-state index in [0.29, 0.717) is 5.02 Å². The van der Waals surface area contributed by atoms with Crippen LogP contribution >= 0.6 is 11.6 Å². The molecule has 1 N–H and O–H groups in total. The molecule has 2 heterocycles. The predicted octanol–water partition coefficient (Wildman–Crippen LogP) is 5.69. The quantitative estimate of drug-likeness (QED) is 0.523. The van der Waals surface area contributed by atoms with Crippen molar-refractivity contribution in [2.45, 2.75) is 0 Å². The molecule has 116 valence electrons. The number of fused-ring (bicyclic) bond motifs is 1. The lowest BCUT2D eigenvalue weighted by atomic mass is 10.1. The highest BCUT2D eigenvalue weighted by Crippen LogP contribution is 2.31. The first-order valence-corrected chi connectivity index (χ1v) is 8.00. The lowest BCUT2D eigenvalue weighted by molar-refractivity contribution is 1.32. The summed E-state index contributed by atoms with van der Waals surface area (Å²) in [4.78, 5) is 8.84. The number of rotatable bonds is 3. The molecule has 24 heavy (non-hydrogen) atoms. The fraction of sp³-hybridized carbons (Fsp3) is 0. The minimum absolute atomic E-state index is 0.700. The Hall–Kier alpha value is -2.91. The van der Waals surface area contributed by atoms with Gasteiger partial charge in [0.25, 0.3) is 0 Å². The van der Waals surface area contributed by atoms with Gasteiger partial charge in [-0.3, -0.25) is 4.98 Å². The molecule has 0 atom stereocenters. The van der Waals surface area contributed by atoms with Crippen molar-refractivity contribution in [1.82, 2.24) is 9.97 Å². The van der Waals surface area contributed by atoms with Gasteiger partial charge in [0.2, 0.25) is 0 Å². The monoisotopic (exact) mass is 331 g/mol. The van der Waals surface area contributed by atoms with Crippen LogP contribution in [0.3, 0.4) is 0 Å². The van der Waals surface area contributed by atoms with E-state index in [4.69, 9.17) is 16.6 Å². The predicted molar refractivity (Wildman–Crippen MR) is 99.7 cm³/mol. The maximum absolute atomic E-state index is 6.13. The number of para-hydroxylation sites is 1. The second-order valence-electron chi connectivity index (χ2n) is 5.44. The highest BCUT2D eigenvalue weighted by Gasteiger charge is 2.08. The molecule has 0 aliphatic rings. The van der Waals surface area contributed by atoms with Crippen LogP contribution in [0.15, 0.2) is 79.1 Å². The van der Waals surface area contributed by atoms with E-state index in [9.17, 15) is 0 Å². The number of pyridine rings is 2. The molecule has 0 aliphatic carbocycles. The molecule has 2 aromatic heterocycles. The third kappa shape index (κ3) is 2.94. The van der Waals surface area contributed by atoms with Crippen LogP contribution in [0.2, 0.25) is 5.02 Å². The van der Waals surface area contributed by atoms with E-state index in [-0.39, 0.29) is 0 Å². The summed E-state index contributed by atoms with van der Waals surface area (Å²) in [5.41, 5.74) is 4.80. The highest BCUT2D eigenvalue weighted by atomic mass is 35.5. The number of hydrogen-bond acceptors (Lipinski definition) is 3. The molecular formula is C20H14ClN3. The number of halogens is 1. The summed E-state index contributed by atoms with van der Waals surface area (Å²) >= 11 is 6.13. The third-order valence-electron chi connectivity index (χ3n) is 3.80. The molecule has 4 rings (SSSR count). The summed E-state index contributed by atoms with van der Waals surface area (Å²) in [5, 5.41) is 5.23. The largest absolute Gasteiger partial charge is 0.355 e. The van der Waals surface area contributed by atoms with E-state index in [1.165, 1.54) is 0 Å². The van der Waals surface area contributed by atoms with Gasteiger partial charge >= 0.3 is 0 Å². The van der Waals surface area contributed by atoms with Crippen LogP contribution < -0.4 is 5.32 Å². The van der Waals surface area contributed by atoms with Crippen molar-refractivity contribution in [3.05, 3.63) is 84.1 Å². The van der Waals surface area contributed by atoms with Gasteiger partial charge in [0.15, 0.2) is 0 Å². The van der Waals surface area contributed by atoms with Crippen molar-refractivity contribution in [2.75, 3.05) is 5.32 Å². The molecule has 0 aliphatic heterocycles. The fourth-order valence-electron chi connectivity index (χ4n) is 2.67. The van der Waals surface area contributed by atoms with Crippen molar-refractivity contribution >= 4 is 33.9 Å². The van der Waals surface area contributed by atoms with Gasteiger partial charge < -0.3 is 5.32 Å². The van der Waals surface area contributed by atoms with Crippen LogP contribution in [-0.4, -0.2) is 9.97 Å². The van der Waals surface area contributed by atoms with Crippen molar-refractivity contribution in [1.29, 1.82) is 0 Å². The van der Waals surface area contributed by atoms with Gasteiger partial charge in [0, 0.05) is 34.1 Å². The van der Waals surface area contributed by atoms with E-state index in [0.717, 1.165) is 33.5 Å². The topological polar surface area (TPSA) is 37.8 Å². The Morgan fingerprint density at radius 2 is 1.67 bits per heavy atom. The zero-order valence-electron chi connectivity index (χ0n) is 12.8. The van der Waals surface area contributed by atoms with Gasteiger partial charge in [0.1, 0.15) is 0 Å². The average molecular weight is 332 g/mol. The zero-order chi connectivity index (χ0) is 16.4. The van der Waals surface area contributed by atoms with E-state index in [1.54, 1.807) is 12.4 Å². The van der Waals surface area contributed by atoms with Crippen LogP contribution in [0.4, 0.5) is 11.4 Å². The molecule has 0 unspecified atom stereocenters. The summed E-state index contributed by atoms with van der Waals surface area (Å²) in [7, 11) is 0. The number of anilines is 2. The molecule has 0 fully saturated rings. The minimum Gasteiger partial charge on any atom is -0.355 e. The molecule has 4 heteroatoms. The summed E-state index contributed by atoms with van der Waals surface area (Å²) in [6, 6.07) is 21.8. The first-order chi connectivity index (χ1) is 11.8. The summed E-state index contributed by atoms with van der Waals surface area (Å²) in [5.74, 6) is 0. The van der Waals surface area contributed by atoms with Crippen molar-refractivity contribution in [3.8, 4) is 11.3 Å². The van der Waals surface area contributed by atoms with Gasteiger partial charge in [-0.15, -0.1) is 0 Å². The third-order valence-corrected chi connectivity index (χ3v) is 4.03. The zero-order valence-corrected chi connectivity index (χ0v) is 13.5. The van der Waals surface area contributed by atoms with Crippen molar-refractivity contribution in [3.63, 3.8) is 0 Å². The molecule has 0 bridgehead atoms. The second kappa shape index (κ2) is 6.30. The second-order valence-corrected chi connectivity index (χ2v) is 5.88. The lowest BCUT2D eigenvalue weighted by Gasteiger charge is -2.12. The van der Waals surface area contributed by atoms with E-state index in [1.807, 2.05) is 54.6 Å². The highest BCUT2D eigenvalue weighted by molar-refractivity contribution is 6.30. The molecule has 4 aromatic rings. The lowest BCUT2D eigenvalue weighted by Crippen LogP contribution is -1.95. The van der Waals surface area contributed by atoms with Crippen molar-refractivity contribution < 1.29 is 0 Å². The van der Waals surface area contributed by atoms with Gasteiger partial charge in [0.05, 0.1) is 16.9 Å². The molecule has 0 saturated carbocycles. The summed E-state index contributed by atoms with van der Waals surface area (Å²) in [6.45, 7) is 0. The molecule has 0 radical (unpaired) electrons. The van der Waals surface area contributed by atoms with Crippen LogP contribution in [0.1, 0.15) is 0 Å². The van der Waals surface area contributed by atoms with Crippen LogP contribution in [0, 0.1) is 0 Å². The number of benzene rings is 2. The number of hydrogen-bond donors (Lipinski definition) is 1. The maximum Gasteiger partial charge on any atom is 0.0730 e. The van der Waals surface area contributed by atoms with Crippen LogP contribution in [0.5, 0.6) is 0 Å². The van der Waals surface area contributed by atoms with Gasteiger partial charge in [-0.05, 0) is 36.4 Å². The van der Waals surface area contributed by atoms with Gasteiger partial charge in [-0.1, -0.05) is 41.9 Å². The molecule has 0 saturated heterocycles. The van der Waals surface area contributed by atoms with E-state index >= 15 is 0 Å². The SMILES string of the molecule is Clc1cccc(-c2cc(Nc3ccncc3)c3ccccc3n2)c1. The fourth-order valence-corrected chi connectivity index (χ4v) is 2.86. The molecule has 0 spiro atoms. The number of nitrogens with zero attached hydrogens (tertiary/aromatic N) is 2. The summed E-state index contributed by atoms with van der Waals surface area (Å²) in [6.07, 6.45) is 3.53. The molecule has 2 aromatic carbocycles. The first-order valence-electron chi connectivity index (χ1n) is 7.62. The average Bonchev–Trinajstić information content (AvgIpc) is 2.62. The van der Waals surface area contributed by atoms with E-state index < -0.39 is 0 Å². The summed E-state index contributed by atoms with van der Waals surface area (Å²) < 4.78 is 0. The Bertz CT molecular complexity index is 1000.